The first-order valence-corrected chi connectivity index (χ1v) is 9.18. The molecule has 3 rings (SSSR count). The van der Waals surface area contributed by atoms with Gasteiger partial charge < -0.3 is 9.80 Å². The van der Waals surface area contributed by atoms with Crippen LogP contribution in [0.2, 0.25) is 0 Å². The second kappa shape index (κ2) is 8.26. The maximum Gasteiger partial charge on any atom is 0.227 e. The average Bonchev–Trinajstić information content (AvgIpc) is 3.23. The summed E-state index contributed by atoms with van der Waals surface area (Å²) in [7, 11) is 0. The van der Waals surface area contributed by atoms with Crippen LogP contribution in [0.5, 0.6) is 0 Å². The number of carbonyl (C=O) groups excluding carboxylic acids is 1. The predicted octanol–water partition coefficient (Wildman–Crippen LogP) is 3.47. The number of benzene rings is 1. The summed E-state index contributed by atoms with van der Waals surface area (Å²) in [6.45, 7) is 3.94. The predicted molar refractivity (Wildman–Crippen MR) is 99.4 cm³/mol. The molecule has 0 N–H and O–H groups in total. The van der Waals surface area contributed by atoms with Crippen LogP contribution in [0, 0.1) is 12.3 Å². The molecule has 1 aromatic rings. The highest BCUT2D eigenvalue weighted by atomic mass is 16.2. The van der Waals surface area contributed by atoms with Gasteiger partial charge in [-0.25, -0.2) is 0 Å². The molecule has 2 aliphatic heterocycles. The Bertz CT molecular complexity index is 637. The second-order valence-corrected chi connectivity index (χ2v) is 6.82. The van der Waals surface area contributed by atoms with E-state index < -0.39 is 0 Å². The number of carbonyl (C=O) groups is 1. The van der Waals surface area contributed by atoms with Gasteiger partial charge in [0, 0.05) is 44.5 Å². The van der Waals surface area contributed by atoms with Gasteiger partial charge in [0.2, 0.25) is 5.91 Å². The average molecular weight is 338 g/mol. The summed E-state index contributed by atoms with van der Waals surface area (Å²) in [4.78, 5) is 17.2. The number of anilines is 1. The van der Waals surface area contributed by atoms with Crippen molar-refractivity contribution in [2.75, 3.05) is 31.1 Å². The van der Waals surface area contributed by atoms with Gasteiger partial charge in [-0.05, 0) is 38.1 Å². The second-order valence-electron chi connectivity index (χ2n) is 6.82. The molecule has 1 aromatic carbocycles. The Kier molecular flexibility index (Phi) is 5.83. The van der Waals surface area contributed by atoms with E-state index in [1.807, 2.05) is 35.2 Å². The zero-order valence-electron chi connectivity index (χ0n) is 14.7. The topological polar surface area (TPSA) is 48.3 Å². The van der Waals surface area contributed by atoms with E-state index in [1.54, 1.807) is 0 Å². The molecule has 0 saturated carbocycles. The van der Waals surface area contributed by atoms with Gasteiger partial charge in [0.15, 0.2) is 5.66 Å². The smallest absolute Gasteiger partial charge is 0.227 e. The van der Waals surface area contributed by atoms with Gasteiger partial charge in [0.25, 0.3) is 0 Å². The molecule has 1 saturated heterocycles. The molecule has 2 aliphatic rings. The fourth-order valence-electron chi connectivity index (χ4n) is 3.36. The van der Waals surface area contributed by atoms with Gasteiger partial charge in [0.1, 0.15) is 0 Å². The van der Waals surface area contributed by atoms with Crippen LogP contribution in [0.25, 0.3) is 0 Å². The maximum absolute atomic E-state index is 12.9. The molecule has 1 fully saturated rings. The van der Waals surface area contributed by atoms with Crippen LogP contribution in [0.1, 0.15) is 38.5 Å². The Morgan fingerprint density at radius 2 is 1.92 bits per heavy atom. The van der Waals surface area contributed by atoms with Gasteiger partial charge >= 0.3 is 0 Å². The van der Waals surface area contributed by atoms with Gasteiger partial charge in [-0.3, -0.25) is 4.79 Å². The van der Waals surface area contributed by atoms with Gasteiger partial charge in [-0.15, -0.1) is 12.3 Å². The molecule has 5 heteroatoms. The number of hydrogen-bond donors (Lipinski definition) is 0. The molecular weight excluding hydrogens is 312 g/mol. The van der Waals surface area contributed by atoms with Crippen LogP contribution in [0.3, 0.4) is 0 Å². The number of amides is 1. The lowest BCUT2D eigenvalue weighted by Gasteiger charge is -2.26. The van der Waals surface area contributed by atoms with E-state index in [0.29, 0.717) is 19.3 Å². The first-order chi connectivity index (χ1) is 12.2. The van der Waals surface area contributed by atoms with E-state index >= 15 is 0 Å². The monoisotopic (exact) mass is 338 g/mol. The van der Waals surface area contributed by atoms with Crippen molar-refractivity contribution in [3.05, 3.63) is 30.3 Å². The normalized spacial score (nSPS) is 18.0. The zero-order chi connectivity index (χ0) is 17.5. The van der Waals surface area contributed by atoms with E-state index in [-0.39, 0.29) is 11.6 Å². The fraction of sp³-hybridized carbons (Fsp3) is 0.550. The lowest BCUT2D eigenvalue weighted by molar-refractivity contribution is -0.118. The summed E-state index contributed by atoms with van der Waals surface area (Å²) in [6.07, 6.45) is 10.4. The number of rotatable bonds is 9. The van der Waals surface area contributed by atoms with Crippen LogP contribution in [-0.4, -0.2) is 42.6 Å². The van der Waals surface area contributed by atoms with E-state index in [4.69, 9.17) is 6.42 Å². The van der Waals surface area contributed by atoms with Crippen molar-refractivity contribution in [2.45, 2.75) is 44.2 Å². The molecule has 0 atom stereocenters. The number of nitrogens with zero attached hydrogens (tertiary/aromatic N) is 4. The van der Waals surface area contributed by atoms with Crippen molar-refractivity contribution in [1.29, 1.82) is 0 Å². The lowest BCUT2D eigenvalue weighted by atomic mass is 10.0. The first-order valence-electron chi connectivity index (χ1n) is 9.18. The number of likely N-dealkylation sites (tertiary alicyclic amines) is 1. The van der Waals surface area contributed by atoms with Crippen molar-refractivity contribution in [1.82, 2.24) is 4.90 Å². The molecule has 0 unspecified atom stereocenters. The molecule has 0 spiro atoms. The quantitative estimate of drug-likeness (QED) is 0.647. The zero-order valence-corrected chi connectivity index (χ0v) is 14.7. The van der Waals surface area contributed by atoms with Gasteiger partial charge in [-0.2, -0.15) is 10.2 Å². The summed E-state index contributed by atoms with van der Waals surface area (Å²) < 4.78 is 0. The van der Waals surface area contributed by atoms with Crippen LogP contribution >= 0.6 is 0 Å². The van der Waals surface area contributed by atoms with Crippen LogP contribution in [-0.2, 0) is 4.79 Å². The van der Waals surface area contributed by atoms with Crippen LogP contribution in [0.15, 0.2) is 40.6 Å². The SMILES string of the molecule is C#CCCC1(CCC(=O)N(CCN2CCCC2)c2ccccc2)N=N1. The molecule has 1 amide bonds. The Balaban J connectivity index is 1.58. The van der Waals surface area contributed by atoms with E-state index in [0.717, 1.165) is 38.3 Å². The van der Waals surface area contributed by atoms with Crippen molar-refractivity contribution >= 4 is 11.6 Å². The fourth-order valence-corrected chi connectivity index (χ4v) is 3.36. The Labute approximate surface area is 150 Å². The molecule has 25 heavy (non-hydrogen) atoms. The summed E-state index contributed by atoms with van der Waals surface area (Å²) in [5, 5.41) is 8.27. The highest BCUT2D eigenvalue weighted by Crippen LogP contribution is 2.37. The molecule has 0 aliphatic carbocycles. The number of hydrogen-bond acceptors (Lipinski definition) is 4. The summed E-state index contributed by atoms with van der Waals surface area (Å²) in [5.41, 5.74) is 0.577. The third kappa shape index (κ3) is 4.90. The third-order valence-corrected chi connectivity index (χ3v) is 5.00. The van der Waals surface area contributed by atoms with Crippen molar-refractivity contribution in [3.63, 3.8) is 0 Å². The molecule has 2 heterocycles. The summed E-state index contributed by atoms with van der Waals surface area (Å²) in [6, 6.07) is 9.93. The van der Waals surface area contributed by atoms with Crippen LogP contribution < -0.4 is 4.90 Å². The minimum absolute atomic E-state index is 0.141. The maximum atomic E-state index is 12.9. The molecule has 5 nitrogen and oxygen atoms in total. The van der Waals surface area contributed by atoms with Crippen LogP contribution in [0.4, 0.5) is 5.69 Å². The van der Waals surface area contributed by atoms with Gasteiger partial charge in [-0.1, -0.05) is 18.2 Å². The Morgan fingerprint density at radius 3 is 2.56 bits per heavy atom. The minimum Gasteiger partial charge on any atom is -0.311 e. The minimum atomic E-state index is -0.390. The van der Waals surface area contributed by atoms with Crippen molar-refractivity contribution < 1.29 is 4.79 Å². The summed E-state index contributed by atoms with van der Waals surface area (Å²) in [5.74, 6) is 2.77. The van der Waals surface area contributed by atoms with Crippen molar-refractivity contribution in [3.8, 4) is 12.3 Å². The third-order valence-electron chi connectivity index (χ3n) is 5.00. The Hall–Kier alpha value is -2.19. The standard InChI is InChI=1S/C20H26N4O/c1-2-3-12-20(21-22-20)13-11-19(25)24(18-9-5-4-6-10-18)17-16-23-14-7-8-15-23/h1,4-6,9-10H,3,7-8,11-17H2. The first kappa shape index (κ1) is 17.6. The van der Waals surface area contributed by atoms with E-state index in [1.165, 1.54) is 12.8 Å². The molecule has 132 valence electrons. The highest BCUT2D eigenvalue weighted by molar-refractivity contribution is 5.93. The van der Waals surface area contributed by atoms with Crippen molar-refractivity contribution in [2.24, 2.45) is 10.2 Å². The van der Waals surface area contributed by atoms with E-state index in [2.05, 4.69) is 21.0 Å². The lowest BCUT2D eigenvalue weighted by Crippen LogP contribution is -2.38. The summed E-state index contributed by atoms with van der Waals surface area (Å²) >= 11 is 0. The molecule has 0 radical (unpaired) electrons. The largest absolute Gasteiger partial charge is 0.311 e. The molecule has 0 aromatic heterocycles. The Morgan fingerprint density at radius 1 is 1.20 bits per heavy atom. The highest BCUT2D eigenvalue weighted by Gasteiger charge is 2.39. The van der Waals surface area contributed by atoms with E-state index in [9.17, 15) is 4.79 Å². The van der Waals surface area contributed by atoms with Gasteiger partial charge in [0.05, 0.1) is 0 Å². The number of terminal acetylenes is 1. The molecule has 0 bridgehead atoms. The molecular formula is C20H26N4O. The number of para-hydroxylation sites is 1.